The van der Waals surface area contributed by atoms with Crippen molar-refractivity contribution < 1.29 is 0 Å². The lowest BCUT2D eigenvalue weighted by Crippen LogP contribution is -2.28. The number of hydrogen-bond donors (Lipinski definition) is 1. The van der Waals surface area contributed by atoms with E-state index in [1.807, 2.05) is 23.1 Å². The standard InChI is InChI=1S/C9H11Br2NS2/c1-5-2-3-12-9(13-5)7-4-6(10)8(11)14-7/h4-5,9,12H,2-3H2,1H3. The van der Waals surface area contributed by atoms with Gasteiger partial charge in [0.1, 0.15) is 0 Å². The number of thiophene rings is 1. The Morgan fingerprint density at radius 1 is 1.50 bits per heavy atom. The zero-order chi connectivity index (χ0) is 10.1. The summed E-state index contributed by atoms with van der Waals surface area (Å²) in [5.74, 6) is 0. The lowest BCUT2D eigenvalue weighted by atomic mass is 10.3. The minimum absolute atomic E-state index is 0.478. The predicted octanol–water partition coefficient (Wildman–Crippen LogP) is 4.39. The summed E-state index contributed by atoms with van der Waals surface area (Å²) in [6, 6.07) is 2.21. The van der Waals surface area contributed by atoms with Crippen LogP contribution in [0.4, 0.5) is 0 Å². The van der Waals surface area contributed by atoms with Crippen LogP contribution in [0.25, 0.3) is 0 Å². The highest BCUT2D eigenvalue weighted by molar-refractivity contribution is 9.13. The van der Waals surface area contributed by atoms with Crippen LogP contribution in [-0.4, -0.2) is 11.8 Å². The molecule has 2 atom stereocenters. The highest BCUT2D eigenvalue weighted by Gasteiger charge is 2.22. The molecular weight excluding hydrogens is 346 g/mol. The van der Waals surface area contributed by atoms with Gasteiger partial charge in [0.25, 0.3) is 0 Å². The van der Waals surface area contributed by atoms with Gasteiger partial charge in [-0.15, -0.1) is 23.1 Å². The third-order valence-corrected chi connectivity index (χ3v) is 7.03. The highest BCUT2D eigenvalue weighted by Crippen LogP contribution is 2.42. The molecule has 5 heteroatoms. The van der Waals surface area contributed by atoms with E-state index >= 15 is 0 Å². The van der Waals surface area contributed by atoms with Crippen molar-refractivity contribution in [3.05, 3.63) is 19.2 Å². The molecule has 1 nitrogen and oxygen atoms in total. The Morgan fingerprint density at radius 2 is 2.29 bits per heavy atom. The van der Waals surface area contributed by atoms with Gasteiger partial charge in [-0.05, 0) is 50.9 Å². The van der Waals surface area contributed by atoms with Gasteiger partial charge in [0.05, 0.1) is 9.16 Å². The van der Waals surface area contributed by atoms with Gasteiger partial charge < -0.3 is 5.32 Å². The van der Waals surface area contributed by atoms with Crippen molar-refractivity contribution in [2.45, 2.75) is 24.0 Å². The van der Waals surface area contributed by atoms with Gasteiger partial charge in [-0.2, -0.15) is 0 Å². The van der Waals surface area contributed by atoms with Crippen LogP contribution in [0.3, 0.4) is 0 Å². The fraction of sp³-hybridized carbons (Fsp3) is 0.556. The lowest BCUT2D eigenvalue weighted by Gasteiger charge is -2.26. The first-order valence-corrected chi connectivity index (χ1v) is 7.85. The number of nitrogens with one attached hydrogen (secondary N) is 1. The largest absolute Gasteiger partial charge is 0.301 e. The van der Waals surface area contributed by atoms with Crippen molar-refractivity contribution in [1.82, 2.24) is 5.32 Å². The molecule has 0 radical (unpaired) electrons. The van der Waals surface area contributed by atoms with Gasteiger partial charge >= 0.3 is 0 Å². The maximum atomic E-state index is 3.54. The molecule has 2 rings (SSSR count). The van der Waals surface area contributed by atoms with Gasteiger partial charge in [0, 0.05) is 14.6 Å². The molecule has 2 unspecified atom stereocenters. The van der Waals surface area contributed by atoms with E-state index in [0.717, 1.165) is 16.3 Å². The Morgan fingerprint density at radius 3 is 2.86 bits per heavy atom. The van der Waals surface area contributed by atoms with E-state index in [1.54, 1.807) is 0 Å². The summed E-state index contributed by atoms with van der Waals surface area (Å²) in [7, 11) is 0. The van der Waals surface area contributed by atoms with E-state index in [4.69, 9.17) is 0 Å². The van der Waals surface area contributed by atoms with Crippen LogP contribution in [0, 0.1) is 0 Å². The van der Waals surface area contributed by atoms with Crippen LogP contribution in [0.15, 0.2) is 14.3 Å². The molecule has 1 fully saturated rings. The minimum Gasteiger partial charge on any atom is -0.301 e. The summed E-state index contributed by atoms with van der Waals surface area (Å²) in [5.41, 5.74) is 0. The Bertz CT molecular complexity index is 307. The average Bonchev–Trinajstić information content (AvgIpc) is 2.47. The van der Waals surface area contributed by atoms with E-state index in [2.05, 4.69) is 50.2 Å². The summed E-state index contributed by atoms with van der Waals surface area (Å²) in [5, 5.41) is 4.78. The Balaban J connectivity index is 2.14. The average molecular weight is 357 g/mol. The second-order valence-corrected chi connectivity index (χ2v) is 8.14. The second kappa shape index (κ2) is 4.87. The maximum absolute atomic E-state index is 3.54. The van der Waals surface area contributed by atoms with Gasteiger partial charge in [-0.25, -0.2) is 0 Å². The molecule has 0 saturated carbocycles. The molecule has 1 aromatic heterocycles. The number of halogens is 2. The molecule has 1 aromatic rings. The molecule has 1 N–H and O–H groups in total. The predicted molar refractivity (Wildman–Crippen MR) is 72.1 cm³/mol. The van der Waals surface area contributed by atoms with E-state index in [0.29, 0.717) is 5.37 Å². The molecule has 1 saturated heterocycles. The van der Waals surface area contributed by atoms with E-state index < -0.39 is 0 Å². The number of rotatable bonds is 1. The molecule has 2 heterocycles. The van der Waals surface area contributed by atoms with Crippen molar-refractivity contribution >= 4 is 55.0 Å². The van der Waals surface area contributed by atoms with Crippen molar-refractivity contribution in [3.63, 3.8) is 0 Å². The third-order valence-electron chi connectivity index (χ3n) is 2.17. The smallest absolute Gasteiger partial charge is 0.0886 e. The molecule has 0 spiro atoms. The van der Waals surface area contributed by atoms with Gasteiger partial charge in [-0.3, -0.25) is 0 Å². The van der Waals surface area contributed by atoms with E-state index in [1.165, 1.54) is 15.1 Å². The van der Waals surface area contributed by atoms with Crippen LogP contribution in [0.5, 0.6) is 0 Å². The minimum atomic E-state index is 0.478. The summed E-state index contributed by atoms with van der Waals surface area (Å²) in [6.45, 7) is 3.43. The Labute approximate surface area is 109 Å². The van der Waals surface area contributed by atoms with Crippen molar-refractivity contribution in [1.29, 1.82) is 0 Å². The number of hydrogen-bond acceptors (Lipinski definition) is 3. The van der Waals surface area contributed by atoms with Crippen LogP contribution in [0.1, 0.15) is 23.6 Å². The molecule has 0 bridgehead atoms. The summed E-state index contributed by atoms with van der Waals surface area (Å²) < 4.78 is 2.35. The fourth-order valence-corrected chi connectivity index (χ4v) is 4.92. The quantitative estimate of drug-likeness (QED) is 0.800. The molecular formula is C9H11Br2NS2. The third kappa shape index (κ3) is 2.55. The molecule has 14 heavy (non-hydrogen) atoms. The summed E-state index contributed by atoms with van der Waals surface area (Å²) in [6.07, 6.45) is 1.27. The number of thioether (sulfide) groups is 1. The zero-order valence-electron chi connectivity index (χ0n) is 7.72. The fourth-order valence-electron chi connectivity index (χ4n) is 1.43. The van der Waals surface area contributed by atoms with Crippen LogP contribution >= 0.6 is 55.0 Å². The van der Waals surface area contributed by atoms with Crippen LogP contribution in [0.2, 0.25) is 0 Å². The topological polar surface area (TPSA) is 12.0 Å². The van der Waals surface area contributed by atoms with Crippen molar-refractivity contribution in [3.8, 4) is 0 Å². The second-order valence-electron chi connectivity index (χ2n) is 3.34. The van der Waals surface area contributed by atoms with Gasteiger partial charge in [0.2, 0.25) is 0 Å². The monoisotopic (exact) mass is 355 g/mol. The zero-order valence-corrected chi connectivity index (χ0v) is 12.5. The normalized spacial score (nSPS) is 27.9. The maximum Gasteiger partial charge on any atom is 0.0886 e. The van der Waals surface area contributed by atoms with E-state index in [9.17, 15) is 0 Å². The molecule has 1 aliphatic heterocycles. The van der Waals surface area contributed by atoms with Crippen LogP contribution < -0.4 is 5.32 Å². The van der Waals surface area contributed by atoms with Gasteiger partial charge in [0.15, 0.2) is 0 Å². The first-order valence-electron chi connectivity index (χ1n) is 4.50. The first-order chi connectivity index (χ1) is 6.66. The summed E-state index contributed by atoms with van der Waals surface area (Å²) >= 11 is 10.9. The Kier molecular flexibility index (Phi) is 3.98. The molecule has 0 amide bonds. The summed E-state index contributed by atoms with van der Waals surface area (Å²) in [4.78, 5) is 1.40. The van der Waals surface area contributed by atoms with Crippen molar-refractivity contribution in [2.75, 3.05) is 6.54 Å². The molecule has 1 aliphatic rings. The molecule has 0 aliphatic carbocycles. The Hall–Kier alpha value is 0.970. The molecule has 78 valence electrons. The molecule has 0 aromatic carbocycles. The van der Waals surface area contributed by atoms with Gasteiger partial charge in [-0.1, -0.05) is 6.92 Å². The van der Waals surface area contributed by atoms with Crippen molar-refractivity contribution in [2.24, 2.45) is 0 Å². The lowest BCUT2D eigenvalue weighted by molar-refractivity contribution is 0.610. The first kappa shape index (κ1) is 11.5. The highest BCUT2D eigenvalue weighted by atomic mass is 79.9. The SMILES string of the molecule is CC1CCNC(c2cc(Br)c(Br)s2)S1. The van der Waals surface area contributed by atoms with E-state index in [-0.39, 0.29) is 0 Å². The van der Waals surface area contributed by atoms with Crippen LogP contribution in [-0.2, 0) is 0 Å².